The van der Waals surface area contributed by atoms with Gasteiger partial charge in [-0.3, -0.25) is 4.79 Å². The molecule has 0 unspecified atom stereocenters. The second kappa shape index (κ2) is 5.67. The van der Waals surface area contributed by atoms with E-state index in [1.807, 2.05) is 42.5 Å². The minimum atomic E-state index is -1.01. The number of carbonyl (C=O) groups is 2. The lowest BCUT2D eigenvalue weighted by molar-refractivity contribution is -0.151. The number of carbonyl (C=O) groups excluding carboxylic acids is 2. The molecule has 1 aliphatic heterocycles. The summed E-state index contributed by atoms with van der Waals surface area (Å²) < 4.78 is 4.83. The number of nitrogens with two attached hydrogens (primary N) is 1. The van der Waals surface area contributed by atoms with Crippen LogP contribution in [-0.4, -0.2) is 29.4 Å². The molecular weight excluding hydrogens is 304 g/mol. The Morgan fingerprint density at radius 1 is 1.12 bits per heavy atom. The van der Waals surface area contributed by atoms with Gasteiger partial charge in [0.05, 0.1) is 7.11 Å². The number of methoxy groups -OCH3 is 1. The van der Waals surface area contributed by atoms with Crippen LogP contribution < -0.4 is 5.73 Å². The average molecular weight is 324 g/mol. The molecule has 0 saturated heterocycles. The van der Waals surface area contributed by atoms with Crippen molar-refractivity contribution in [1.29, 1.82) is 0 Å². The zero-order valence-corrected chi connectivity index (χ0v) is 14.0. The molecule has 0 spiro atoms. The molecule has 1 amide bonds. The maximum absolute atomic E-state index is 12.8. The van der Waals surface area contributed by atoms with Crippen LogP contribution >= 0.6 is 0 Å². The number of benzene rings is 2. The van der Waals surface area contributed by atoms with E-state index in [0.29, 0.717) is 17.8 Å². The molecule has 3 rings (SSSR count). The molecule has 1 aliphatic rings. The Labute approximate surface area is 141 Å². The predicted molar refractivity (Wildman–Crippen MR) is 92.3 cm³/mol. The van der Waals surface area contributed by atoms with E-state index in [9.17, 15) is 9.59 Å². The van der Waals surface area contributed by atoms with Crippen LogP contribution in [0.2, 0.25) is 0 Å². The SMILES string of the molecule is COC(=O)C(C)(C)N1Cc2ccc(-c3ccc(N)cc3)cc2C1=O. The summed E-state index contributed by atoms with van der Waals surface area (Å²) >= 11 is 0. The van der Waals surface area contributed by atoms with E-state index >= 15 is 0 Å². The van der Waals surface area contributed by atoms with Crippen molar-refractivity contribution < 1.29 is 14.3 Å². The van der Waals surface area contributed by atoms with Crippen LogP contribution in [0.15, 0.2) is 42.5 Å². The molecule has 0 aliphatic carbocycles. The third-order valence-corrected chi connectivity index (χ3v) is 4.52. The Bertz CT molecular complexity index is 810. The van der Waals surface area contributed by atoms with E-state index in [2.05, 4.69) is 0 Å². The van der Waals surface area contributed by atoms with Crippen molar-refractivity contribution in [3.05, 3.63) is 53.6 Å². The van der Waals surface area contributed by atoms with Crippen molar-refractivity contribution in [1.82, 2.24) is 4.90 Å². The lowest BCUT2D eigenvalue weighted by Gasteiger charge is -2.32. The van der Waals surface area contributed by atoms with Crippen LogP contribution in [0, 0.1) is 0 Å². The standard InChI is InChI=1S/C19H20N2O3/c1-19(2,18(23)24-3)21-11-14-5-4-13(10-16(14)17(21)22)12-6-8-15(20)9-7-12/h4-10H,11,20H2,1-3H3. The van der Waals surface area contributed by atoms with Crippen LogP contribution in [0.5, 0.6) is 0 Å². The van der Waals surface area contributed by atoms with Gasteiger partial charge in [0.15, 0.2) is 0 Å². The number of anilines is 1. The quantitative estimate of drug-likeness (QED) is 0.696. The van der Waals surface area contributed by atoms with Crippen LogP contribution in [0.25, 0.3) is 11.1 Å². The summed E-state index contributed by atoms with van der Waals surface area (Å²) in [5, 5.41) is 0. The first-order valence-electron chi connectivity index (χ1n) is 7.74. The van der Waals surface area contributed by atoms with E-state index in [4.69, 9.17) is 10.5 Å². The van der Waals surface area contributed by atoms with Gasteiger partial charge in [-0.15, -0.1) is 0 Å². The van der Waals surface area contributed by atoms with Crippen molar-refractivity contribution in [2.75, 3.05) is 12.8 Å². The Balaban J connectivity index is 1.96. The highest BCUT2D eigenvalue weighted by Gasteiger charge is 2.43. The van der Waals surface area contributed by atoms with Gasteiger partial charge in [-0.25, -0.2) is 4.79 Å². The van der Waals surface area contributed by atoms with Crippen LogP contribution in [-0.2, 0) is 16.1 Å². The van der Waals surface area contributed by atoms with E-state index in [1.54, 1.807) is 18.7 Å². The van der Waals surface area contributed by atoms with Crippen molar-refractivity contribution in [3.8, 4) is 11.1 Å². The Hall–Kier alpha value is -2.82. The van der Waals surface area contributed by atoms with E-state index < -0.39 is 11.5 Å². The third kappa shape index (κ3) is 2.52. The molecule has 0 bridgehead atoms. The summed E-state index contributed by atoms with van der Waals surface area (Å²) in [6.45, 7) is 3.80. The lowest BCUT2D eigenvalue weighted by Crippen LogP contribution is -2.50. The molecule has 0 atom stereocenters. The zero-order chi connectivity index (χ0) is 17.5. The zero-order valence-electron chi connectivity index (χ0n) is 14.0. The number of amides is 1. The Kier molecular flexibility index (Phi) is 3.79. The molecule has 2 aromatic rings. The second-order valence-corrected chi connectivity index (χ2v) is 6.44. The highest BCUT2D eigenvalue weighted by atomic mass is 16.5. The Morgan fingerprint density at radius 3 is 2.38 bits per heavy atom. The van der Waals surface area contributed by atoms with Crippen molar-refractivity contribution in [2.24, 2.45) is 0 Å². The highest BCUT2D eigenvalue weighted by molar-refractivity contribution is 6.02. The molecule has 0 aromatic heterocycles. The topological polar surface area (TPSA) is 72.6 Å². The smallest absolute Gasteiger partial charge is 0.331 e. The molecule has 0 saturated carbocycles. The van der Waals surface area contributed by atoms with Gasteiger partial charge in [0, 0.05) is 17.8 Å². The molecule has 2 N–H and O–H groups in total. The summed E-state index contributed by atoms with van der Waals surface area (Å²) in [5.74, 6) is -0.583. The molecule has 2 aromatic carbocycles. The van der Waals surface area contributed by atoms with Gasteiger partial charge in [-0.1, -0.05) is 24.3 Å². The normalized spacial score (nSPS) is 13.8. The largest absolute Gasteiger partial charge is 0.467 e. The number of esters is 1. The maximum Gasteiger partial charge on any atom is 0.331 e. The molecule has 0 fully saturated rings. The second-order valence-electron chi connectivity index (χ2n) is 6.44. The number of rotatable bonds is 3. The van der Waals surface area contributed by atoms with Crippen LogP contribution in [0.4, 0.5) is 5.69 Å². The van der Waals surface area contributed by atoms with E-state index in [0.717, 1.165) is 16.7 Å². The third-order valence-electron chi connectivity index (χ3n) is 4.52. The number of nitrogen functional groups attached to an aromatic ring is 1. The fourth-order valence-electron chi connectivity index (χ4n) is 2.97. The lowest BCUT2D eigenvalue weighted by atomic mass is 10.0. The number of ether oxygens (including phenoxy) is 1. The molecule has 24 heavy (non-hydrogen) atoms. The first-order chi connectivity index (χ1) is 11.3. The summed E-state index contributed by atoms with van der Waals surface area (Å²) in [7, 11) is 1.33. The van der Waals surface area contributed by atoms with Crippen molar-refractivity contribution in [3.63, 3.8) is 0 Å². The minimum absolute atomic E-state index is 0.155. The number of fused-ring (bicyclic) bond motifs is 1. The van der Waals surface area contributed by atoms with Gasteiger partial charge in [0.25, 0.3) is 5.91 Å². The van der Waals surface area contributed by atoms with Gasteiger partial charge in [0.1, 0.15) is 5.54 Å². The van der Waals surface area contributed by atoms with Gasteiger partial charge in [0.2, 0.25) is 0 Å². The summed E-state index contributed by atoms with van der Waals surface area (Å²) in [4.78, 5) is 26.4. The van der Waals surface area contributed by atoms with Gasteiger partial charge >= 0.3 is 5.97 Å². The van der Waals surface area contributed by atoms with Crippen LogP contribution in [0.3, 0.4) is 0 Å². The first-order valence-corrected chi connectivity index (χ1v) is 7.74. The first kappa shape index (κ1) is 16.1. The summed E-state index contributed by atoms with van der Waals surface area (Å²) in [6.07, 6.45) is 0. The van der Waals surface area contributed by atoms with Crippen molar-refractivity contribution in [2.45, 2.75) is 25.9 Å². The van der Waals surface area contributed by atoms with Crippen LogP contribution in [0.1, 0.15) is 29.8 Å². The van der Waals surface area contributed by atoms with E-state index in [1.165, 1.54) is 7.11 Å². The number of nitrogens with zero attached hydrogens (tertiary/aromatic N) is 1. The maximum atomic E-state index is 12.8. The molecular formula is C19H20N2O3. The van der Waals surface area contributed by atoms with Crippen molar-refractivity contribution >= 4 is 17.6 Å². The fourth-order valence-corrected chi connectivity index (χ4v) is 2.97. The molecule has 5 heteroatoms. The highest BCUT2D eigenvalue weighted by Crippen LogP contribution is 2.33. The van der Waals surface area contributed by atoms with Gasteiger partial charge in [-0.05, 0) is 48.7 Å². The molecule has 5 nitrogen and oxygen atoms in total. The molecule has 1 heterocycles. The average Bonchev–Trinajstić information content (AvgIpc) is 2.92. The van der Waals surface area contributed by atoms with Gasteiger partial charge in [-0.2, -0.15) is 0 Å². The molecule has 0 radical (unpaired) electrons. The monoisotopic (exact) mass is 324 g/mol. The number of hydrogen-bond donors (Lipinski definition) is 1. The minimum Gasteiger partial charge on any atom is -0.467 e. The summed E-state index contributed by atoms with van der Waals surface area (Å²) in [6, 6.07) is 13.3. The number of hydrogen-bond acceptors (Lipinski definition) is 4. The summed E-state index contributed by atoms with van der Waals surface area (Å²) in [5.41, 5.74) is 8.88. The fraction of sp³-hybridized carbons (Fsp3) is 0.263. The Morgan fingerprint density at radius 2 is 1.75 bits per heavy atom. The van der Waals surface area contributed by atoms with Gasteiger partial charge < -0.3 is 15.4 Å². The van der Waals surface area contributed by atoms with E-state index in [-0.39, 0.29) is 5.91 Å². The molecule has 124 valence electrons. The predicted octanol–water partition coefficient (Wildman–Crippen LogP) is 2.84.